The number of halogens is 1. The number of benzene rings is 2. The van der Waals surface area contributed by atoms with Crippen molar-refractivity contribution in [2.45, 2.75) is 38.3 Å². The predicted molar refractivity (Wildman–Crippen MR) is 118 cm³/mol. The summed E-state index contributed by atoms with van der Waals surface area (Å²) < 4.78 is 16.5. The number of rotatable bonds is 10. The van der Waals surface area contributed by atoms with Gasteiger partial charge in [-0.1, -0.05) is 54.1 Å². The van der Waals surface area contributed by atoms with Crippen LogP contribution in [0.15, 0.2) is 48.5 Å². The zero-order valence-electron chi connectivity index (χ0n) is 17.5. The van der Waals surface area contributed by atoms with Gasteiger partial charge in [0.05, 0.1) is 25.2 Å². The van der Waals surface area contributed by atoms with Gasteiger partial charge in [-0.3, -0.25) is 4.79 Å². The molecule has 0 spiro atoms. The normalized spacial score (nSPS) is 15.7. The van der Waals surface area contributed by atoms with Gasteiger partial charge in [-0.05, 0) is 42.5 Å². The minimum absolute atomic E-state index is 0.00253. The van der Waals surface area contributed by atoms with Crippen molar-refractivity contribution in [1.29, 1.82) is 0 Å². The maximum atomic E-state index is 13.3. The van der Waals surface area contributed by atoms with Gasteiger partial charge in [0.2, 0.25) is 5.91 Å². The van der Waals surface area contributed by atoms with E-state index in [0.717, 1.165) is 16.7 Å². The van der Waals surface area contributed by atoms with Crippen molar-refractivity contribution in [2.75, 3.05) is 33.0 Å². The fourth-order valence-corrected chi connectivity index (χ4v) is 4.14. The predicted octanol–water partition coefficient (Wildman–Crippen LogP) is 4.26. The fourth-order valence-electron chi connectivity index (χ4n) is 3.82. The highest BCUT2D eigenvalue weighted by Gasteiger charge is 2.42. The summed E-state index contributed by atoms with van der Waals surface area (Å²) in [6.45, 7) is 5.90. The minimum atomic E-state index is -0.656. The number of hydrogen-bond donors (Lipinski definition) is 1. The Bertz CT molecular complexity index is 820. The van der Waals surface area contributed by atoms with Crippen molar-refractivity contribution in [1.82, 2.24) is 5.32 Å². The summed E-state index contributed by atoms with van der Waals surface area (Å²) in [5.74, 6) is -0.00253. The Morgan fingerprint density at radius 2 is 1.80 bits per heavy atom. The Labute approximate surface area is 183 Å². The minimum Gasteiger partial charge on any atom is -0.381 e. The molecule has 6 heteroatoms. The van der Waals surface area contributed by atoms with E-state index in [2.05, 4.69) is 11.4 Å². The molecule has 1 heterocycles. The van der Waals surface area contributed by atoms with Crippen molar-refractivity contribution >= 4 is 17.5 Å². The van der Waals surface area contributed by atoms with E-state index in [0.29, 0.717) is 64.1 Å². The fraction of sp³-hybridized carbons (Fsp3) is 0.458. The van der Waals surface area contributed by atoms with E-state index in [1.165, 1.54) is 0 Å². The third kappa shape index (κ3) is 5.82. The van der Waals surface area contributed by atoms with E-state index in [9.17, 15) is 4.79 Å². The number of hydrogen-bond acceptors (Lipinski definition) is 4. The van der Waals surface area contributed by atoms with Gasteiger partial charge in [0.1, 0.15) is 0 Å². The van der Waals surface area contributed by atoms with Crippen LogP contribution in [0.25, 0.3) is 0 Å². The molecule has 0 bridgehead atoms. The number of carbonyl (C=O) groups is 1. The molecule has 0 unspecified atom stereocenters. The molecule has 0 aromatic heterocycles. The average Bonchev–Trinajstić information content (AvgIpc) is 2.78. The number of ether oxygens (including phenoxy) is 3. The Morgan fingerprint density at radius 1 is 1.07 bits per heavy atom. The Morgan fingerprint density at radius 3 is 2.57 bits per heavy atom. The Hall–Kier alpha value is -1.92. The lowest BCUT2D eigenvalue weighted by atomic mass is 9.73. The number of nitrogens with one attached hydrogen (secondary N) is 1. The molecule has 162 valence electrons. The molecular weight excluding hydrogens is 402 g/mol. The molecular formula is C24H30ClNO4. The summed E-state index contributed by atoms with van der Waals surface area (Å²) in [7, 11) is 0. The molecule has 3 rings (SSSR count). The molecule has 0 atom stereocenters. The van der Waals surface area contributed by atoms with E-state index in [1.807, 2.05) is 49.4 Å². The van der Waals surface area contributed by atoms with Crippen molar-refractivity contribution < 1.29 is 19.0 Å². The van der Waals surface area contributed by atoms with Crippen LogP contribution < -0.4 is 5.32 Å². The van der Waals surface area contributed by atoms with E-state index in [-0.39, 0.29) is 5.91 Å². The quantitative estimate of drug-likeness (QED) is 0.571. The van der Waals surface area contributed by atoms with Crippen LogP contribution in [0.4, 0.5) is 0 Å². The smallest absolute Gasteiger partial charge is 0.231 e. The van der Waals surface area contributed by atoms with Gasteiger partial charge >= 0.3 is 0 Å². The molecule has 1 saturated heterocycles. The van der Waals surface area contributed by atoms with Crippen LogP contribution in [0.1, 0.15) is 36.5 Å². The first-order chi connectivity index (χ1) is 14.7. The van der Waals surface area contributed by atoms with Crippen LogP contribution >= 0.6 is 11.6 Å². The molecule has 1 aliphatic heterocycles. The summed E-state index contributed by atoms with van der Waals surface area (Å²) in [5, 5.41) is 3.76. The summed E-state index contributed by atoms with van der Waals surface area (Å²) in [6, 6.07) is 15.7. The monoisotopic (exact) mass is 431 g/mol. The lowest BCUT2D eigenvalue weighted by Gasteiger charge is -2.36. The van der Waals surface area contributed by atoms with Crippen molar-refractivity contribution in [3.63, 3.8) is 0 Å². The molecule has 2 aromatic carbocycles. The van der Waals surface area contributed by atoms with Gasteiger partial charge in [-0.25, -0.2) is 0 Å². The second-order valence-corrected chi connectivity index (χ2v) is 7.83. The van der Waals surface area contributed by atoms with Gasteiger partial charge < -0.3 is 19.5 Å². The highest BCUT2D eigenvalue weighted by Crippen LogP contribution is 2.38. The molecule has 30 heavy (non-hydrogen) atoms. The summed E-state index contributed by atoms with van der Waals surface area (Å²) in [6.07, 6.45) is 1.24. The molecule has 0 aliphatic carbocycles. The third-order valence-corrected chi connectivity index (χ3v) is 5.79. The maximum absolute atomic E-state index is 13.3. The molecule has 2 aromatic rings. The average molecular weight is 432 g/mol. The van der Waals surface area contributed by atoms with Crippen LogP contribution in [-0.2, 0) is 37.6 Å². The third-order valence-electron chi connectivity index (χ3n) is 5.46. The topological polar surface area (TPSA) is 56.8 Å². The van der Waals surface area contributed by atoms with Gasteiger partial charge in [-0.2, -0.15) is 0 Å². The standard InChI is InChI=1S/C24H30ClNO4/c1-2-28-14-15-30-18-20-7-5-6-19(16-20)17-26-23(27)24(10-12-29-13-11-24)21-8-3-4-9-22(21)25/h3-9,16H,2,10-15,17-18H2,1H3,(H,26,27). The molecule has 1 amide bonds. The van der Waals surface area contributed by atoms with Crippen LogP contribution in [-0.4, -0.2) is 38.9 Å². The van der Waals surface area contributed by atoms with Crippen LogP contribution in [0.3, 0.4) is 0 Å². The molecule has 0 saturated carbocycles. The first-order valence-electron chi connectivity index (χ1n) is 10.5. The first-order valence-corrected chi connectivity index (χ1v) is 10.9. The van der Waals surface area contributed by atoms with Gasteiger partial charge in [-0.15, -0.1) is 0 Å². The van der Waals surface area contributed by atoms with Crippen molar-refractivity contribution in [3.05, 3.63) is 70.2 Å². The molecule has 5 nitrogen and oxygen atoms in total. The second-order valence-electron chi connectivity index (χ2n) is 7.43. The van der Waals surface area contributed by atoms with E-state index < -0.39 is 5.41 Å². The van der Waals surface area contributed by atoms with Crippen molar-refractivity contribution in [2.24, 2.45) is 0 Å². The van der Waals surface area contributed by atoms with Gasteiger partial charge in [0.15, 0.2) is 0 Å². The number of carbonyl (C=O) groups excluding carboxylic acids is 1. The summed E-state index contributed by atoms with van der Waals surface area (Å²) >= 11 is 6.47. The first kappa shape index (κ1) is 22.8. The molecule has 1 N–H and O–H groups in total. The highest BCUT2D eigenvalue weighted by molar-refractivity contribution is 6.31. The van der Waals surface area contributed by atoms with Crippen LogP contribution in [0.2, 0.25) is 5.02 Å². The van der Waals surface area contributed by atoms with Crippen LogP contribution in [0.5, 0.6) is 0 Å². The SMILES string of the molecule is CCOCCOCc1cccc(CNC(=O)C2(c3ccccc3Cl)CCOCC2)c1. The largest absolute Gasteiger partial charge is 0.381 e. The highest BCUT2D eigenvalue weighted by atomic mass is 35.5. The van der Waals surface area contributed by atoms with Gasteiger partial charge in [0.25, 0.3) is 0 Å². The molecule has 1 aliphatic rings. The van der Waals surface area contributed by atoms with Gasteiger partial charge in [0, 0.05) is 31.4 Å². The van der Waals surface area contributed by atoms with Crippen molar-refractivity contribution in [3.8, 4) is 0 Å². The number of amides is 1. The second kappa shape index (κ2) is 11.5. The maximum Gasteiger partial charge on any atom is 0.231 e. The molecule has 0 radical (unpaired) electrons. The summed E-state index contributed by atoms with van der Waals surface area (Å²) in [5.41, 5.74) is 2.33. The van der Waals surface area contributed by atoms with E-state index in [1.54, 1.807) is 0 Å². The lowest BCUT2D eigenvalue weighted by molar-refractivity contribution is -0.130. The Kier molecular flexibility index (Phi) is 8.70. The summed E-state index contributed by atoms with van der Waals surface area (Å²) in [4.78, 5) is 13.3. The Balaban J connectivity index is 1.63. The van der Waals surface area contributed by atoms with Crippen LogP contribution in [0, 0.1) is 0 Å². The van der Waals surface area contributed by atoms with E-state index >= 15 is 0 Å². The molecule has 1 fully saturated rings. The zero-order valence-corrected chi connectivity index (χ0v) is 18.2. The zero-order chi connectivity index (χ0) is 21.2. The lowest BCUT2D eigenvalue weighted by Crippen LogP contribution is -2.48. The van der Waals surface area contributed by atoms with E-state index in [4.69, 9.17) is 25.8 Å².